The highest BCUT2D eigenvalue weighted by atomic mass is 16.6. The number of nitriles is 1. The summed E-state index contributed by atoms with van der Waals surface area (Å²) in [4.78, 5) is 9.94. The van der Waals surface area contributed by atoms with E-state index < -0.39 is 4.92 Å². The van der Waals surface area contributed by atoms with Crippen molar-refractivity contribution in [1.82, 2.24) is 0 Å². The first kappa shape index (κ1) is 9.00. The quantitative estimate of drug-likeness (QED) is 0.323. The zero-order chi connectivity index (χ0) is 9.84. The fourth-order valence-corrected chi connectivity index (χ4v) is 0.969. The van der Waals surface area contributed by atoms with Crippen LogP contribution in [0.4, 0.5) is 11.4 Å². The van der Waals surface area contributed by atoms with Crippen LogP contribution in [0.1, 0.15) is 5.56 Å². The van der Waals surface area contributed by atoms with E-state index in [9.17, 15) is 10.1 Å². The molecule has 0 atom stereocenters. The number of hydrogen-bond donors (Lipinski definition) is 1. The fourth-order valence-electron chi connectivity index (χ4n) is 0.969. The predicted molar refractivity (Wildman–Crippen MR) is 47.1 cm³/mol. The molecule has 0 fully saturated rings. The lowest BCUT2D eigenvalue weighted by Crippen LogP contribution is -1.96. The number of anilines is 1. The van der Waals surface area contributed by atoms with Crippen LogP contribution in [0, 0.1) is 28.5 Å². The zero-order valence-corrected chi connectivity index (χ0v) is 6.94. The molecule has 1 aromatic rings. The van der Waals surface area contributed by atoms with Gasteiger partial charge in [0, 0.05) is 6.07 Å². The van der Waals surface area contributed by atoms with E-state index in [-0.39, 0.29) is 11.4 Å². The molecule has 0 aliphatic heterocycles. The molecule has 0 aliphatic rings. The van der Waals surface area contributed by atoms with E-state index in [1.807, 2.05) is 0 Å². The normalized spacial score (nSPS) is 8.92. The Morgan fingerprint density at radius 2 is 2.31 bits per heavy atom. The lowest BCUT2D eigenvalue weighted by molar-refractivity contribution is -0.383. The topological polar surface area (TPSA) is 79.0 Å². The van der Waals surface area contributed by atoms with Crippen molar-refractivity contribution in [3.8, 4) is 6.19 Å². The Balaban J connectivity index is 3.20. The third-order valence-electron chi connectivity index (χ3n) is 1.54. The van der Waals surface area contributed by atoms with E-state index in [2.05, 4.69) is 5.32 Å². The SMILES string of the molecule is Cc1ccc([N+](=O)[O-])c(NC#N)c1. The number of nitrogens with one attached hydrogen (secondary N) is 1. The molecular weight excluding hydrogens is 170 g/mol. The maximum Gasteiger partial charge on any atom is 0.293 e. The van der Waals surface area contributed by atoms with Crippen molar-refractivity contribution in [2.24, 2.45) is 0 Å². The molecule has 66 valence electrons. The second kappa shape index (κ2) is 3.54. The summed E-state index contributed by atoms with van der Waals surface area (Å²) in [6.07, 6.45) is 1.65. The maximum atomic E-state index is 10.5. The smallest absolute Gasteiger partial charge is 0.287 e. The van der Waals surface area contributed by atoms with Crippen molar-refractivity contribution in [2.75, 3.05) is 5.32 Å². The highest BCUT2D eigenvalue weighted by molar-refractivity contribution is 5.64. The van der Waals surface area contributed by atoms with Crippen LogP contribution in [0.3, 0.4) is 0 Å². The molecule has 1 aromatic carbocycles. The van der Waals surface area contributed by atoms with Crippen LogP contribution in [-0.2, 0) is 0 Å². The highest BCUT2D eigenvalue weighted by Crippen LogP contribution is 2.24. The molecule has 1 N–H and O–H groups in total. The number of hydrogen-bond acceptors (Lipinski definition) is 4. The van der Waals surface area contributed by atoms with Gasteiger partial charge in [0.1, 0.15) is 5.69 Å². The predicted octanol–water partition coefficient (Wildman–Crippen LogP) is 1.80. The van der Waals surface area contributed by atoms with Crippen molar-refractivity contribution < 1.29 is 4.92 Å². The molecular formula is C8H7N3O2. The van der Waals surface area contributed by atoms with Crippen molar-refractivity contribution in [1.29, 1.82) is 5.26 Å². The van der Waals surface area contributed by atoms with E-state index in [1.54, 1.807) is 25.2 Å². The molecule has 0 amide bonds. The van der Waals surface area contributed by atoms with Crippen LogP contribution in [0.2, 0.25) is 0 Å². The van der Waals surface area contributed by atoms with Crippen LogP contribution in [0.5, 0.6) is 0 Å². The molecule has 5 nitrogen and oxygen atoms in total. The number of benzene rings is 1. The average Bonchev–Trinajstić information content (AvgIpc) is 2.04. The first-order chi connectivity index (χ1) is 6.15. The molecule has 13 heavy (non-hydrogen) atoms. The van der Waals surface area contributed by atoms with Gasteiger partial charge in [-0.1, -0.05) is 6.07 Å². The molecule has 1 rings (SSSR count). The summed E-state index contributed by atoms with van der Waals surface area (Å²) in [5.74, 6) is 0. The Bertz CT molecular complexity index is 381. The molecule has 0 saturated carbocycles. The first-order valence-corrected chi connectivity index (χ1v) is 3.55. The largest absolute Gasteiger partial charge is 0.293 e. The third kappa shape index (κ3) is 1.93. The Kier molecular flexibility index (Phi) is 2.45. The second-order valence-corrected chi connectivity index (χ2v) is 2.51. The molecule has 0 bridgehead atoms. The van der Waals surface area contributed by atoms with E-state index in [1.165, 1.54) is 6.07 Å². The van der Waals surface area contributed by atoms with Crippen LogP contribution >= 0.6 is 0 Å². The van der Waals surface area contributed by atoms with E-state index in [0.717, 1.165) is 5.56 Å². The van der Waals surface area contributed by atoms with E-state index in [0.29, 0.717) is 0 Å². The summed E-state index contributed by atoms with van der Waals surface area (Å²) < 4.78 is 0. The minimum absolute atomic E-state index is 0.0906. The van der Waals surface area contributed by atoms with Crippen LogP contribution in [-0.4, -0.2) is 4.92 Å². The summed E-state index contributed by atoms with van der Waals surface area (Å²) in [6, 6.07) is 4.55. The third-order valence-corrected chi connectivity index (χ3v) is 1.54. The monoisotopic (exact) mass is 177 g/mol. The number of nitro groups is 1. The number of aryl methyl sites for hydroxylation is 1. The van der Waals surface area contributed by atoms with E-state index >= 15 is 0 Å². The van der Waals surface area contributed by atoms with Crippen molar-refractivity contribution in [2.45, 2.75) is 6.92 Å². The first-order valence-electron chi connectivity index (χ1n) is 3.55. The number of rotatable bonds is 2. The molecule has 0 aromatic heterocycles. The highest BCUT2D eigenvalue weighted by Gasteiger charge is 2.12. The summed E-state index contributed by atoms with van der Waals surface area (Å²) in [5.41, 5.74) is 1.00. The van der Waals surface area contributed by atoms with Crippen molar-refractivity contribution in [3.63, 3.8) is 0 Å². The van der Waals surface area contributed by atoms with Crippen LogP contribution in [0.25, 0.3) is 0 Å². The van der Waals surface area contributed by atoms with Gasteiger partial charge in [0.15, 0.2) is 6.19 Å². The van der Waals surface area contributed by atoms with Crippen LogP contribution in [0.15, 0.2) is 18.2 Å². The average molecular weight is 177 g/mol. The molecule has 0 spiro atoms. The van der Waals surface area contributed by atoms with Gasteiger partial charge in [0.05, 0.1) is 4.92 Å². The van der Waals surface area contributed by atoms with Gasteiger partial charge in [-0.3, -0.25) is 15.4 Å². The Hall–Kier alpha value is -2.09. The van der Waals surface area contributed by atoms with Gasteiger partial charge in [-0.05, 0) is 18.6 Å². The van der Waals surface area contributed by atoms with Crippen molar-refractivity contribution >= 4 is 11.4 Å². The molecule has 0 saturated heterocycles. The van der Waals surface area contributed by atoms with Gasteiger partial charge in [0.25, 0.3) is 5.69 Å². The minimum Gasteiger partial charge on any atom is -0.287 e. The van der Waals surface area contributed by atoms with E-state index in [4.69, 9.17) is 5.26 Å². The van der Waals surface area contributed by atoms with Gasteiger partial charge in [-0.25, -0.2) is 0 Å². The van der Waals surface area contributed by atoms with Crippen molar-refractivity contribution in [3.05, 3.63) is 33.9 Å². The zero-order valence-electron chi connectivity index (χ0n) is 6.94. The van der Waals surface area contributed by atoms with Gasteiger partial charge >= 0.3 is 0 Å². The minimum atomic E-state index is -0.529. The summed E-state index contributed by atoms with van der Waals surface area (Å²) in [5, 5.41) is 21.1. The summed E-state index contributed by atoms with van der Waals surface area (Å²) in [7, 11) is 0. The molecule has 0 heterocycles. The molecule has 0 radical (unpaired) electrons. The Morgan fingerprint density at radius 3 is 2.85 bits per heavy atom. The molecule has 0 aliphatic carbocycles. The van der Waals surface area contributed by atoms with Gasteiger partial charge in [0.2, 0.25) is 0 Å². The van der Waals surface area contributed by atoms with Gasteiger partial charge in [-0.15, -0.1) is 0 Å². The standard InChI is InChI=1S/C8H7N3O2/c1-6-2-3-8(11(12)13)7(4-6)10-5-9/h2-4,10H,1H3. The summed E-state index contributed by atoms with van der Waals surface area (Å²) in [6.45, 7) is 1.80. The molecule has 0 unspecified atom stereocenters. The van der Waals surface area contributed by atoms with Crippen LogP contribution < -0.4 is 5.32 Å². The molecule has 5 heteroatoms. The lowest BCUT2D eigenvalue weighted by atomic mass is 10.2. The maximum absolute atomic E-state index is 10.5. The van der Waals surface area contributed by atoms with Gasteiger partial charge < -0.3 is 0 Å². The summed E-state index contributed by atoms with van der Waals surface area (Å²) >= 11 is 0. The Morgan fingerprint density at radius 1 is 1.62 bits per heavy atom. The number of nitro benzene ring substituents is 1. The van der Waals surface area contributed by atoms with Gasteiger partial charge in [-0.2, -0.15) is 5.26 Å². The Labute approximate surface area is 74.8 Å². The second-order valence-electron chi connectivity index (χ2n) is 2.51. The lowest BCUT2D eigenvalue weighted by Gasteiger charge is -2.00. The fraction of sp³-hybridized carbons (Fsp3) is 0.125. The number of nitrogens with zero attached hydrogens (tertiary/aromatic N) is 2.